The minimum Gasteiger partial charge on any atom is -0.497 e. The second-order valence-corrected chi connectivity index (χ2v) is 8.23. The Bertz CT molecular complexity index is 1020. The van der Waals surface area contributed by atoms with Crippen LogP contribution in [0.15, 0.2) is 61.1 Å². The standard InChI is InChI=1S/C24H26N2O3/c1-24(2)13-20(16-9-11-17(28-3)12-10-16)18-7-5-6-8-19(18)22(24)26-15-25-14-21(26)23(27)29-4/h5-12,14-15,20,22H,13H2,1-4H3/t20-,22-/m0/s1. The molecule has 1 aliphatic carbocycles. The van der Waals surface area contributed by atoms with Gasteiger partial charge in [-0.25, -0.2) is 9.78 Å². The lowest BCUT2D eigenvalue weighted by molar-refractivity contribution is 0.0580. The Balaban J connectivity index is 1.84. The van der Waals surface area contributed by atoms with Gasteiger partial charge in [0.05, 0.1) is 32.8 Å². The molecule has 0 amide bonds. The lowest BCUT2D eigenvalue weighted by Gasteiger charge is -2.45. The highest BCUT2D eigenvalue weighted by Gasteiger charge is 2.42. The quantitative estimate of drug-likeness (QED) is 0.599. The Labute approximate surface area is 171 Å². The van der Waals surface area contributed by atoms with Gasteiger partial charge < -0.3 is 14.0 Å². The van der Waals surface area contributed by atoms with E-state index in [4.69, 9.17) is 9.47 Å². The molecule has 0 saturated heterocycles. The third-order valence-corrected chi connectivity index (χ3v) is 5.99. The molecule has 5 heteroatoms. The second-order valence-electron chi connectivity index (χ2n) is 8.23. The van der Waals surface area contributed by atoms with Crippen LogP contribution in [0.1, 0.15) is 59.4 Å². The topological polar surface area (TPSA) is 53.3 Å². The number of esters is 1. The van der Waals surface area contributed by atoms with Gasteiger partial charge in [0.25, 0.3) is 0 Å². The number of imidazole rings is 1. The number of rotatable bonds is 4. The fourth-order valence-electron chi connectivity index (χ4n) is 4.68. The largest absolute Gasteiger partial charge is 0.497 e. The zero-order chi connectivity index (χ0) is 20.6. The Hall–Kier alpha value is -3.08. The van der Waals surface area contributed by atoms with Gasteiger partial charge in [-0.2, -0.15) is 0 Å². The molecule has 5 nitrogen and oxygen atoms in total. The van der Waals surface area contributed by atoms with Gasteiger partial charge in [0.2, 0.25) is 0 Å². The summed E-state index contributed by atoms with van der Waals surface area (Å²) in [5.74, 6) is 0.762. The van der Waals surface area contributed by atoms with Gasteiger partial charge in [0.15, 0.2) is 0 Å². The predicted molar refractivity (Wildman–Crippen MR) is 111 cm³/mol. The number of ether oxygens (including phenoxy) is 2. The van der Waals surface area contributed by atoms with E-state index in [1.165, 1.54) is 23.8 Å². The van der Waals surface area contributed by atoms with Crippen molar-refractivity contribution in [2.75, 3.05) is 14.2 Å². The monoisotopic (exact) mass is 390 g/mol. The first-order chi connectivity index (χ1) is 14.0. The number of fused-ring (bicyclic) bond motifs is 1. The van der Waals surface area contributed by atoms with E-state index in [0.717, 1.165) is 12.2 Å². The summed E-state index contributed by atoms with van der Waals surface area (Å²) < 4.78 is 12.3. The normalized spacial score (nSPS) is 20.0. The van der Waals surface area contributed by atoms with Gasteiger partial charge in [-0.3, -0.25) is 0 Å². The molecule has 0 radical (unpaired) electrons. The van der Waals surface area contributed by atoms with Crippen LogP contribution in [0, 0.1) is 5.41 Å². The first-order valence-corrected chi connectivity index (χ1v) is 9.79. The Morgan fingerprint density at radius 2 is 1.76 bits per heavy atom. The lowest BCUT2D eigenvalue weighted by atomic mass is 9.64. The molecular weight excluding hydrogens is 364 g/mol. The molecule has 150 valence electrons. The van der Waals surface area contributed by atoms with E-state index in [1.54, 1.807) is 19.6 Å². The van der Waals surface area contributed by atoms with Crippen LogP contribution in [0.5, 0.6) is 5.75 Å². The Morgan fingerprint density at radius 1 is 1.07 bits per heavy atom. The highest BCUT2D eigenvalue weighted by Crippen LogP contribution is 2.52. The predicted octanol–water partition coefficient (Wildman–Crippen LogP) is 4.83. The average Bonchev–Trinajstić information content (AvgIpc) is 3.21. The molecule has 29 heavy (non-hydrogen) atoms. The van der Waals surface area contributed by atoms with Crippen LogP contribution in [0.25, 0.3) is 0 Å². The molecule has 0 saturated carbocycles. The third kappa shape index (κ3) is 3.31. The van der Waals surface area contributed by atoms with Crippen molar-refractivity contribution in [2.45, 2.75) is 32.2 Å². The number of nitrogens with zero attached hydrogens (tertiary/aromatic N) is 2. The number of methoxy groups -OCH3 is 2. The van der Waals surface area contributed by atoms with Crippen LogP contribution in [0.4, 0.5) is 0 Å². The number of hydrogen-bond acceptors (Lipinski definition) is 4. The Kier molecular flexibility index (Phi) is 4.91. The molecule has 2 atom stereocenters. The highest BCUT2D eigenvalue weighted by molar-refractivity contribution is 5.87. The van der Waals surface area contributed by atoms with Crippen molar-refractivity contribution in [3.8, 4) is 5.75 Å². The molecule has 0 unspecified atom stereocenters. The number of carbonyl (C=O) groups is 1. The van der Waals surface area contributed by atoms with Gasteiger partial charge in [-0.15, -0.1) is 0 Å². The van der Waals surface area contributed by atoms with E-state index in [-0.39, 0.29) is 23.3 Å². The maximum absolute atomic E-state index is 12.3. The smallest absolute Gasteiger partial charge is 0.356 e. The second kappa shape index (κ2) is 7.39. The van der Waals surface area contributed by atoms with E-state index in [9.17, 15) is 4.79 Å². The van der Waals surface area contributed by atoms with Crippen LogP contribution in [0.2, 0.25) is 0 Å². The molecule has 1 aliphatic rings. The van der Waals surface area contributed by atoms with E-state index in [0.29, 0.717) is 5.69 Å². The summed E-state index contributed by atoms with van der Waals surface area (Å²) in [7, 11) is 3.09. The molecule has 1 aromatic heterocycles. The lowest BCUT2D eigenvalue weighted by Crippen LogP contribution is -2.36. The summed E-state index contributed by atoms with van der Waals surface area (Å²) >= 11 is 0. The van der Waals surface area contributed by atoms with Crippen LogP contribution < -0.4 is 4.74 Å². The van der Waals surface area contributed by atoms with E-state index in [1.807, 2.05) is 16.7 Å². The van der Waals surface area contributed by atoms with Gasteiger partial charge in [0, 0.05) is 5.92 Å². The molecule has 4 rings (SSSR count). The molecule has 0 aliphatic heterocycles. The van der Waals surface area contributed by atoms with E-state index in [2.05, 4.69) is 55.2 Å². The zero-order valence-electron chi connectivity index (χ0n) is 17.3. The molecule has 3 aromatic rings. The van der Waals surface area contributed by atoms with Gasteiger partial charge in [-0.05, 0) is 40.7 Å². The number of carbonyl (C=O) groups excluding carboxylic acids is 1. The summed E-state index contributed by atoms with van der Waals surface area (Å²) in [5, 5.41) is 0. The number of hydrogen-bond donors (Lipinski definition) is 0. The summed E-state index contributed by atoms with van der Waals surface area (Å²) in [5.41, 5.74) is 4.13. The first kappa shape index (κ1) is 19.2. The van der Waals surface area contributed by atoms with Crippen LogP contribution >= 0.6 is 0 Å². The van der Waals surface area contributed by atoms with Crippen LogP contribution in [-0.4, -0.2) is 29.7 Å². The molecule has 0 N–H and O–H groups in total. The third-order valence-electron chi connectivity index (χ3n) is 5.99. The van der Waals surface area contributed by atoms with Crippen molar-refractivity contribution >= 4 is 5.97 Å². The molecule has 2 aromatic carbocycles. The number of aromatic nitrogens is 2. The Morgan fingerprint density at radius 3 is 2.41 bits per heavy atom. The van der Waals surface area contributed by atoms with Gasteiger partial charge >= 0.3 is 5.97 Å². The molecule has 0 bridgehead atoms. The van der Waals surface area contributed by atoms with Crippen LogP contribution in [0.3, 0.4) is 0 Å². The van der Waals surface area contributed by atoms with Crippen molar-refractivity contribution < 1.29 is 14.3 Å². The van der Waals surface area contributed by atoms with E-state index < -0.39 is 0 Å². The summed E-state index contributed by atoms with van der Waals surface area (Å²) in [4.78, 5) is 16.6. The fourth-order valence-corrected chi connectivity index (χ4v) is 4.68. The van der Waals surface area contributed by atoms with E-state index >= 15 is 0 Å². The average molecular weight is 390 g/mol. The van der Waals surface area contributed by atoms with Crippen molar-refractivity contribution in [1.82, 2.24) is 9.55 Å². The molecule has 1 heterocycles. The van der Waals surface area contributed by atoms with Gasteiger partial charge in [-0.1, -0.05) is 50.2 Å². The SMILES string of the molecule is COC(=O)c1cncn1[C@H]1c2ccccc2[C@H](c2ccc(OC)cc2)CC1(C)C. The maximum Gasteiger partial charge on any atom is 0.356 e. The first-order valence-electron chi connectivity index (χ1n) is 9.79. The number of benzene rings is 2. The molecule has 0 spiro atoms. The van der Waals surface area contributed by atoms with Crippen molar-refractivity contribution in [2.24, 2.45) is 5.41 Å². The summed E-state index contributed by atoms with van der Waals surface area (Å²) in [6.07, 6.45) is 4.27. The minimum atomic E-state index is -0.368. The van der Waals surface area contributed by atoms with Crippen LogP contribution in [-0.2, 0) is 4.74 Å². The fraction of sp³-hybridized carbons (Fsp3) is 0.333. The van der Waals surface area contributed by atoms with Gasteiger partial charge in [0.1, 0.15) is 11.4 Å². The zero-order valence-corrected chi connectivity index (χ0v) is 17.3. The minimum absolute atomic E-state index is 0.00945. The van der Waals surface area contributed by atoms with Crippen molar-refractivity contribution in [3.63, 3.8) is 0 Å². The molecular formula is C24H26N2O3. The summed E-state index contributed by atoms with van der Waals surface area (Å²) in [6.45, 7) is 4.51. The maximum atomic E-state index is 12.3. The highest BCUT2D eigenvalue weighted by atomic mass is 16.5. The van der Waals surface area contributed by atoms with Crippen molar-refractivity contribution in [3.05, 3.63) is 83.4 Å². The molecule has 0 fully saturated rings. The van der Waals surface area contributed by atoms with Crippen molar-refractivity contribution in [1.29, 1.82) is 0 Å². The summed E-state index contributed by atoms with van der Waals surface area (Å²) in [6, 6.07) is 16.8.